The van der Waals surface area contributed by atoms with Gasteiger partial charge in [-0.25, -0.2) is 4.68 Å². The summed E-state index contributed by atoms with van der Waals surface area (Å²) in [5, 5.41) is 7.54. The molecule has 7 heteroatoms. The van der Waals surface area contributed by atoms with E-state index >= 15 is 0 Å². The number of carbonyl (C=O) groups excluding carboxylic acids is 2. The lowest BCUT2D eigenvalue weighted by atomic mass is 10.0. The molecular weight excluding hydrogens is 402 g/mol. The lowest BCUT2D eigenvalue weighted by molar-refractivity contribution is -0.141. The van der Waals surface area contributed by atoms with Crippen molar-refractivity contribution < 1.29 is 9.59 Å². The second kappa shape index (κ2) is 10.3. The normalized spacial score (nSPS) is 20.1. The molecule has 2 fully saturated rings. The van der Waals surface area contributed by atoms with E-state index in [1.54, 1.807) is 0 Å². The number of benzene rings is 1. The molecule has 0 saturated carbocycles. The van der Waals surface area contributed by atoms with E-state index in [1.165, 1.54) is 12.8 Å². The highest BCUT2D eigenvalue weighted by atomic mass is 16.2. The molecule has 0 bridgehead atoms. The average molecular weight is 438 g/mol. The maximum atomic E-state index is 13.1. The van der Waals surface area contributed by atoms with Gasteiger partial charge in [-0.3, -0.25) is 14.5 Å². The van der Waals surface area contributed by atoms with Gasteiger partial charge >= 0.3 is 0 Å². The number of likely N-dealkylation sites (tertiary alicyclic amines) is 2. The van der Waals surface area contributed by atoms with Gasteiger partial charge in [-0.2, -0.15) is 5.10 Å². The van der Waals surface area contributed by atoms with Crippen LogP contribution in [-0.4, -0.2) is 63.6 Å². The van der Waals surface area contributed by atoms with Gasteiger partial charge in [0.05, 0.1) is 17.9 Å². The molecular formula is C25H35N5O2. The summed E-state index contributed by atoms with van der Waals surface area (Å²) in [6, 6.07) is 9.36. The quantitative estimate of drug-likeness (QED) is 0.775. The van der Waals surface area contributed by atoms with Crippen LogP contribution in [0.3, 0.4) is 0 Å². The first-order valence-electron chi connectivity index (χ1n) is 12.0. The number of amides is 2. The second-order valence-corrected chi connectivity index (χ2v) is 9.16. The summed E-state index contributed by atoms with van der Waals surface area (Å²) in [6.07, 6.45) is 7.47. The molecule has 2 aliphatic rings. The number of nitrogens with zero attached hydrogens (tertiary/aromatic N) is 4. The molecule has 0 aliphatic carbocycles. The number of rotatable bonds is 5. The number of nitrogens with one attached hydrogen (secondary N) is 1. The maximum absolute atomic E-state index is 13.1. The van der Waals surface area contributed by atoms with Crippen molar-refractivity contribution in [3.05, 3.63) is 41.7 Å². The Morgan fingerprint density at radius 3 is 2.31 bits per heavy atom. The molecule has 1 aromatic carbocycles. The number of hydrogen-bond acceptors (Lipinski definition) is 4. The summed E-state index contributed by atoms with van der Waals surface area (Å²) in [7, 11) is 0. The SMILES string of the molecule is Cc1cc(C)n(-c2ccc(NC(=O)[C@@H]3CCCCN3C(=O)CN3CCCCCC3)cc2)n1. The van der Waals surface area contributed by atoms with Crippen LogP contribution >= 0.6 is 0 Å². The summed E-state index contributed by atoms with van der Waals surface area (Å²) >= 11 is 0. The second-order valence-electron chi connectivity index (χ2n) is 9.16. The molecule has 2 saturated heterocycles. The van der Waals surface area contributed by atoms with Crippen molar-refractivity contribution in [3.63, 3.8) is 0 Å². The zero-order chi connectivity index (χ0) is 22.5. The van der Waals surface area contributed by atoms with E-state index in [2.05, 4.69) is 15.3 Å². The Morgan fingerprint density at radius 2 is 1.66 bits per heavy atom. The first-order chi connectivity index (χ1) is 15.5. The van der Waals surface area contributed by atoms with Crippen molar-refractivity contribution in [2.45, 2.75) is 64.8 Å². The van der Waals surface area contributed by atoms with Crippen LogP contribution in [0.25, 0.3) is 5.69 Å². The number of hydrogen-bond donors (Lipinski definition) is 1. The fourth-order valence-corrected chi connectivity index (χ4v) is 4.88. The number of piperidine rings is 1. The van der Waals surface area contributed by atoms with E-state index in [9.17, 15) is 9.59 Å². The fraction of sp³-hybridized carbons (Fsp3) is 0.560. The van der Waals surface area contributed by atoms with E-state index in [-0.39, 0.29) is 17.9 Å². The minimum absolute atomic E-state index is 0.0895. The van der Waals surface area contributed by atoms with E-state index < -0.39 is 0 Å². The Kier molecular flexibility index (Phi) is 7.25. The summed E-state index contributed by atoms with van der Waals surface area (Å²) in [5.74, 6) is -0.000550. The molecule has 1 aromatic heterocycles. The van der Waals surface area contributed by atoms with Gasteiger partial charge in [0, 0.05) is 17.9 Å². The van der Waals surface area contributed by atoms with Crippen molar-refractivity contribution in [2.24, 2.45) is 0 Å². The first kappa shape index (κ1) is 22.5. The van der Waals surface area contributed by atoms with Gasteiger partial charge < -0.3 is 10.2 Å². The van der Waals surface area contributed by atoms with Gasteiger partial charge in [0.25, 0.3) is 0 Å². The van der Waals surface area contributed by atoms with Gasteiger partial charge in [0.2, 0.25) is 11.8 Å². The van der Waals surface area contributed by atoms with Crippen LogP contribution < -0.4 is 5.32 Å². The number of carbonyl (C=O) groups is 2. The molecule has 1 N–H and O–H groups in total. The monoisotopic (exact) mass is 437 g/mol. The molecule has 0 spiro atoms. The first-order valence-corrected chi connectivity index (χ1v) is 12.0. The average Bonchev–Trinajstić information content (AvgIpc) is 2.97. The smallest absolute Gasteiger partial charge is 0.247 e. The van der Waals surface area contributed by atoms with Crippen LogP contribution in [-0.2, 0) is 9.59 Å². The van der Waals surface area contributed by atoms with Crippen molar-refractivity contribution in [1.29, 1.82) is 0 Å². The summed E-state index contributed by atoms with van der Waals surface area (Å²) in [4.78, 5) is 30.3. The molecule has 3 heterocycles. The lowest BCUT2D eigenvalue weighted by Crippen LogP contribution is -2.52. The number of anilines is 1. The molecule has 2 aromatic rings. The lowest BCUT2D eigenvalue weighted by Gasteiger charge is -2.36. The third-order valence-corrected chi connectivity index (χ3v) is 6.57. The number of aryl methyl sites for hydroxylation is 2. The van der Waals surface area contributed by atoms with E-state index in [0.29, 0.717) is 13.1 Å². The van der Waals surface area contributed by atoms with Crippen molar-refractivity contribution in [2.75, 3.05) is 31.5 Å². The minimum atomic E-state index is -0.390. The van der Waals surface area contributed by atoms with E-state index in [1.807, 2.05) is 53.8 Å². The Labute approximate surface area is 190 Å². The third-order valence-electron chi connectivity index (χ3n) is 6.57. The van der Waals surface area contributed by atoms with Gasteiger partial charge in [-0.05, 0) is 89.4 Å². The Balaban J connectivity index is 1.39. The van der Waals surface area contributed by atoms with Crippen LogP contribution in [0.5, 0.6) is 0 Å². The topological polar surface area (TPSA) is 70.5 Å². The van der Waals surface area contributed by atoms with Crippen LogP contribution in [0.1, 0.15) is 56.3 Å². The van der Waals surface area contributed by atoms with Crippen molar-refractivity contribution >= 4 is 17.5 Å². The van der Waals surface area contributed by atoms with Gasteiger partial charge in [-0.1, -0.05) is 12.8 Å². The van der Waals surface area contributed by atoms with Crippen LogP contribution in [0.4, 0.5) is 5.69 Å². The Hall–Kier alpha value is -2.67. The molecule has 172 valence electrons. The van der Waals surface area contributed by atoms with Gasteiger partial charge in [-0.15, -0.1) is 0 Å². The molecule has 0 radical (unpaired) electrons. The highest BCUT2D eigenvalue weighted by molar-refractivity contribution is 5.97. The molecule has 32 heavy (non-hydrogen) atoms. The highest BCUT2D eigenvalue weighted by Gasteiger charge is 2.32. The zero-order valence-electron chi connectivity index (χ0n) is 19.3. The number of aromatic nitrogens is 2. The predicted molar refractivity (Wildman–Crippen MR) is 126 cm³/mol. The van der Waals surface area contributed by atoms with Crippen LogP contribution in [0, 0.1) is 13.8 Å². The molecule has 1 atom stereocenters. The van der Waals surface area contributed by atoms with Gasteiger partial charge in [0.1, 0.15) is 6.04 Å². The molecule has 4 rings (SSSR count). The molecule has 0 unspecified atom stereocenters. The summed E-state index contributed by atoms with van der Waals surface area (Å²) < 4.78 is 1.89. The highest BCUT2D eigenvalue weighted by Crippen LogP contribution is 2.21. The summed E-state index contributed by atoms with van der Waals surface area (Å²) in [6.45, 7) is 7.07. The van der Waals surface area contributed by atoms with E-state index in [0.717, 1.165) is 68.0 Å². The van der Waals surface area contributed by atoms with Gasteiger partial charge in [0.15, 0.2) is 0 Å². The molecule has 7 nitrogen and oxygen atoms in total. The van der Waals surface area contributed by atoms with Crippen LogP contribution in [0.2, 0.25) is 0 Å². The maximum Gasteiger partial charge on any atom is 0.247 e. The van der Waals surface area contributed by atoms with Crippen molar-refractivity contribution in [3.8, 4) is 5.69 Å². The fourth-order valence-electron chi connectivity index (χ4n) is 4.88. The Bertz CT molecular complexity index is 928. The van der Waals surface area contributed by atoms with Crippen LogP contribution in [0.15, 0.2) is 30.3 Å². The summed E-state index contributed by atoms with van der Waals surface area (Å²) in [5.41, 5.74) is 3.74. The molecule has 2 amide bonds. The van der Waals surface area contributed by atoms with E-state index in [4.69, 9.17) is 0 Å². The minimum Gasteiger partial charge on any atom is -0.330 e. The van der Waals surface area contributed by atoms with Crippen molar-refractivity contribution in [1.82, 2.24) is 19.6 Å². The predicted octanol–water partition coefficient (Wildman–Crippen LogP) is 3.68. The third kappa shape index (κ3) is 5.38. The Morgan fingerprint density at radius 1 is 0.969 bits per heavy atom. The zero-order valence-corrected chi connectivity index (χ0v) is 19.3. The largest absolute Gasteiger partial charge is 0.330 e. The standard InChI is InChI=1S/C25H35N5O2/c1-19-17-20(2)30(27-19)22-12-10-21(11-13-22)26-25(32)23-9-5-8-16-29(23)24(31)18-28-14-6-3-4-7-15-28/h10-13,17,23H,3-9,14-16,18H2,1-2H3,(H,26,32)/t23-/m0/s1. The molecule has 2 aliphatic heterocycles.